The fourth-order valence-corrected chi connectivity index (χ4v) is 9.36. The van der Waals surface area contributed by atoms with Crippen LogP contribution in [0.5, 0.6) is 0 Å². The minimum absolute atomic E-state index is 0.0221. The normalized spacial score (nSPS) is 27.8. The van der Waals surface area contributed by atoms with Gasteiger partial charge in [-0.2, -0.15) is 0 Å². The van der Waals surface area contributed by atoms with Crippen LogP contribution in [0.3, 0.4) is 0 Å². The Morgan fingerprint density at radius 3 is 1.74 bits per heavy atom. The summed E-state index contributed by atoms with van der Waals surface area (Å²) in [6.45, 7) is 2.80. The second-order valence-corrected chi connectivity index (χ2v) is 14.2. The van der Waals surface area contributed by atoms with Gasteiger partial charge in [0.15, 0.2) is 4.33 Å². The summed E-state index contributed by atoms with van der Waals surface area (Å²) in [5.74, 6) is 0.0426. The van der Waals surface area contributed by atoms with Gasteiger partial charge >= 0.3 is 0 Å². The highest BCUT2D eigenvalue weighted by Gasteiger charge is 2.81. The van der Waals surface area contributed by atoms with Crippen molar-refractivity contribution in [1.29, 1.82) is 0 Å². The first-order chi connectivity index (χ1) is 18.1. The molecule has 0 spiro atoms. The molecular weight excluding hydrogens is 603 g/mol. The van der Waals surface area contributed by atoms with E-state index in [0.29, 0.717) is 23.0 Å². The highest BCUT2D eigenvalue weighted by molar-refractivity contribution is 6.65. The molecule has 4 atom stereocenters. The number of halogens is 6. The van der Waals surface area contributed by atoms with Gasteiger partial charge < -0.3 is 5.32 Å². The van der Waals surface area contributed by atoms with Crippen LogP contribution in [0.4, 0.5) is 0 Å². The Morgan fingerprint density at radius 1 is 0.737 bits per heavy atom. The zero-order valence-electron chi connectivity index (χ0n) is 22.3. The lowest BCUT2D eigenvalue weighted by Crippen LogP contribution is -2.44. The molecule has 8 heteroatoms. The number of hydrogen-bond donors (Lipinski definition) is 1. The van der Waals surface area contributed by atoms with Gasteiger partial charge in [0.05, 0.1) is 10.1 Å². The lowest BCUT2D eigenvalue weighted by atomic mass is 9.76. The van der Waals surface area contributed by atoms with E-state index in [4.69, 9.17) is 69.6 Å². The lowest BCUT2D eigenvalue weighted by molar-refractivity contribution is -0.121. The predicted molar refractivity (Wildman–Crippen MR) is 166 cm³/mol. The van der Waals surface area contributed by atoms with Crippen molar-refractivity contribution in [2.24, 2.45) is 11.8 Å². The number of rotatable bonds is 17. The van der Waals surface area contributed by atoms with Crippen molar-refractivity contribution in [3.05, 3.63) is 46.0 Å². The fourth-order valence-electron chi connectivity index (χ4n) is 6.22. The van der Waals surface area contributed by atoms with Crippen molar-refractivity contribution in [2.75, 3.05) is 0 Å². The number of carbonyl (C=O) groups is 1. The third kappa shape index (κ3) is 6.79. The van der Waals surface area contributed by atoms with Gasteiger partial charge in [-0.15, -0.1) is 23.2 Å². The van der Waals surface area contributed by atoms with Gasteiger partial charge in [-0.05, 0) is 36.7 Å². The molecule has 2 aliphatic carbocycles. The second-order valence-electron chi connectivity index (χ2n) is 11.0. The topological polar surface area (TPSA) is 29.1 Å². The minimum Gasteiger partial charge on any atom is -0.352 e. The van der Waals surface area contributed by atoms with Crippen LogP contribution in [-0.2, 0) is 11.3 Å². The van der Waals surface area contributed by atoms with Crippen LogP contribution in [-0.4, -0.2) is 20.0 Å². The first-order valence-corrected chi connectivity index (χ1v) is 16.5. The van der Waals surface area contributed by atoms with E-state index < -0.39 is 14.1 Å². The maximum absolute atomic E-state index is 12.1. The quantitative estimate of drug-likeness (QED) is 0.133. The first-order valence-electron chi connectivity index (χ1n) is 14.2. The highest BCUT2D eigenvalue weighted by atomic mass is 35.5. The average molecular weight is 644 g/mol. The third-order valence-corrected chi connectivity index (χ3v) is 12.7. The molecule has 1 aromatic rings. The summed E-state index contributed by atoms with van der Waals surface area (Å²) in [4.78, 5) is 9.82. The summed E-state index contributed by atoms with van der Waals surface area (Å²) in [6, 6.07) is 9.96. The molecule has 2 bridgehead atoms. The van der Waals surface area contributed by atoms with Gasteiger partial charge in [-0.25, -0.2) is 0 Å². The minimum atomic E-state index is -1.46. The van der Waals surface area contributed by atoms with Crippen LogP contribution in [0.15, 0.2) is 40.4 Å². The number of nitrogens with one attached hydrogen (secondary N) is 1. The van der Waals surface area contributed by atoms with Crippen molar-refractivity contribution in [1.82, 2.24) is 5.32 Å². The number of unbranched alkanes of at least 4 members (excludes halogenated alkanes) is 9. The number of allylic oxidation sites excluding steroid dienone is 2. The molecular formula is C30H41Cl6NO. The van der Waals surface area contributed by atoms with Crippen LogP contribution >= 0.6 is 69.6 Å². The molecule has 0 saturated heterocycles. The van der Waals surface area contributed by atoms with E-state index in [1.54, 1.807) is 0 Å². The lowest BCUT2D eigenvalue weighted by Gasteiger charge is -2.37. The van der Waals surface area contributed by atoms with E-state index in [1.165, 1.54) is 25.7 Å². The third-order valence-electron chi connectivity index (χ3n) is 8.37. The van der Waals surface area contributed by atoms with E-state index >= 15 is 0 Å². The van der Waals surface area contributed by atoms with E-state index in [0.717, 1.165) is 63.4 Å². The SMILES string of the molecule is CCCCCCCC[C@H]1[C@H](CCCCCCCC(=O)NCc2ccccc2)[C@]2(Cl)C(Cl)=C(Cl)[C@]1(Cl)C2(Cl)Cl. The largest absolute Gasteiger partial charge is 0.352 e. The molecule has 1 N–H and O–H groups in total. The van der Waals surface area contributed by atoms with E-state index in [-0.39, 0.29) is 17.7 Å². The summed E-state index contributed by atoms with van der Waals surface area (Å²) in [7, 11) is 0. The summed E-state index contributed by atoms with van der Waals surface area (Å²) in [6.07, 6.45) is 14.4. The smallest absolute Gasteiger partial charge is 0.220 e. The number of amides is 1. The van der Waals surface area contributed by atoms with Crippen molar-refractivity contribution in [2.45, 2.75) is 117 Å². The maximum atomic E-state index is 12.1. The molecule has 1 fully saturated rings. The highest BCUT2D eigenvalue weighted by Crippen LogP contribution is 2.77. The molecule has 214 valence electrons. The number of hydrogen-bond acceptors (Lipinski definition) is 1. The molecule has 0 aromatic heterocycles. The maximum Gasteiger partial charge on any atom is 0.220 e. The van der Waals surface area contributed by atoms with Gasteiger partial charge in [0.2, 0.25) is 5.91 Å². The van der Waals surface area contributed by atoms with Gasteiger partial charge in [0.1, 0.15) is 9.75 Å². The Kier molecular flexibility index (Phi) is 12.8. The Labute approximate surface area is 259 Å². The number of alkyl halides is 4. The average Bonchev–Trinajstić information content (AvgIpc) is 3.10. The van der Waals surface area contributed by atoms with Gasteiger partial charge in [-0.1, -0.05) is 148 Å². The molecule has 38 heavy (non-hydrogen) atoms. The zero-order valence-corrected chi connectivity index (χ0v) is 26.9. The molecule has 1 aromatic carbocycles. The van der Waals surface area contributed by atoms with Crippen molar-refractivity contribution >= 4 is 75.5 Å². The zero-order chi connectivity index (χ0) is 27.8. The number of carbonyl (C=O) groups excluding carboxylic acids is 1. The Morgan fingerprint density at radius 2 is 1.21 bits per heavy atom. The molecule has 2 nitrogen and oxygen atoms in total. The Balaban J connectivity index is 1.45. The Bertz CT molecular complexity index is 938. The molecule has 2 aliphatic rings. The second kappa shape index (κ2) is 14.9. The van der Waals surface area contributed by atoms with Crippen LogP contribution in [0.2, 0.25) is 0 Å². The van der Waals surface area contributed by atoms with Crippen LogP contribution < -0.4 is 5.32 Å². The van der Waals surface area contributed by atoms with Crippen LogP contribution in [0.25, 0.3) is 0 Å². The van der Waals surface area contributed by atoms with Crippen LogP contribution in [0, 0.1) is 11.8 Å². The molecule has 0 radical (unpaired) electrons. The first kappa shape index (κ1) is 32.7. The summed E-state index contributed by atoms with van der Waals surface area (Å²) in [5.41, 5.74) is 1.11. The molecule has 3 rings (SSSR count). The van der Waals surface area contributed by atoms with Crippen LogP contribution in [0.1, 0.15) is 102 Å². The Hall–Kier alpha value is 0.170. The number of fused-ring (bicyclic) bond motifs is 2. The number of benzene rings is 1. The van der Waals surface area contributed by atoms with Crippen molar-refractivity contribution in [3.63, 3.8) is 0 Å². The van der Waals surface area contributed by atoms with Gasteiger partial charge in [0, 0.05) is 13.0 Å². The molecule has 1 saturated carbocycles. The van der Waals surface area contributed by atoms with Crippen molar-refractivity contribution < 1.29 is 4.79 Å². The van der Waals surface area contributed by atoms with Gasteiger partial charge in [-0.3, -0.25) is 4.79 Å². The van der Waals surface area contributed by atoms with Gasteiger partial charge in [0.25, 0.3) is 0 Å². The van der Waals surface area contributed by atoms with E-state index in [9.17, 15) is 4.79 Å². The predicted octanol–water partition coefficient (Wildman–Crippen LogP) is 10.9. The molecule has 0 unspecified atom stereocenters. The van der Waals surface area contributed by atoms with E-state index in [2.05, 4.69) is 12.2 Å². The van der Waals surface area contributed by atoms with E-state index in [1.807, 2.05) is 30.3 Å². The molecule has 0 aliphatic heterocycles. The summed E-state index contributed by atoms with van der Waals surface area (Å²) in [5, 5.41) is 3.62. The fraction of sp³-hybridized carbons (Fsp3) is 0.700. The summed E-state index contributed by atoms with van der Waals surface area (Å²) >= 11 is 41.4. The van der Waals surface area contributed by atoms with Crippen molar-refractivity contribution in [3.8, 4) is 0 Å². The molecule has 0 heterocycles. The summed E-state index contributed by atoms with van der Waals surface area (Å²) < 4.78 is -1.46. The molecule has 1 amide bonds. The standard InChI is InChI=1S/C30H41Cl6NO/c1-2-3-4-5-7-13-18-23-24(29(34)27(32)26(31)28(23,33)30(29,35)36)19-14-8-6-9-15-20-25(38)37-21-22-16-11-10-12-17-22/h10-12,16-17,23-24H,2-9,13-15,18-21H2,1H3,(H,37,38)/t23-,24-,28-,29-/m0/s1. The monoisotopic (exact) mass is 641 g/mol.